The summed E-state index contributed by atoms with van der Waals surface area (Å²) >= 11 is 0. The summed E-state index contributed by atoms with van der Waals surface area (Å²) in [5.41, 5.74) is 8.01. The molecule has 6 nitrogen and oxygen atoms in total. The first kappa shape index (κ1) is 9.19. The van der Waals surface area contributed by atoms with Crippen LogP contribution in [0.4, 0.5) is 0 Å². The Morgan fingerprint density at radius 3 is 1.70 bits per heavy atom. The molecule has 0 atom stereocenters. The summed E-state index contributed by atoms with van der Waals surface area (Å²) in [6.45, 7) is 0. The lowest BCUT2D eigenvalue weighted by molar-refractivity contribution is -0.347. The Morgan fingerprint density at radius 1 is 1.20 bits per heavy atom. The van der Waals surface area contributed by atoms with Crippen molar-refractivity contribution in [3.05, 3.63) is 10.4 Å². The maximum absolute atomic E-state index is 8.01. The van der Waals surface area contributed by atoms with E-state index in [2.05, 4.69) is 24.2 Å². The number of hydrogen-bond acceptors (Lipinski definition) is 4. The Kier molecular flexibility index (Phi) is 3.75. The highest BCUT2D eigenvalue weighted by Crippen LogP contribution is 2.12. The third-order valence-electron chi connectivity index (χ3n) is 0.941. The van der Waals surface area contributed by atoms with Gasteiger partial charge in [-0.25, -0.2) is 0 Å². The smallest absolute Gasteiger partial charge is 0.326 e. The summed E-state index contributed by atoms with van der Waals surface area (Å²) in [7, 11) is 3.92. The number of methoxy groups -OCH3 is 3. The molecule has 0 aromatic heterocycles. The molecule has 0 aliphatic rings. The van der Waals surface area contributed by atoms with E-state index in [0.717, 1.165) is 0 Å². The maximum Gasteiger partial charge on any atom is 0.367 e. The molecule has 0 N–H and O–H groups in total. The van der Waals surface area contributed by atoms with Crippen molar-refractivity contribution >= 4 is 0 Å². The Morgan fingerprint density at radius 2 is 1.60 bits per heavy atom. The van der Waals surface area contributed by atoms with E-state index < -0.39 is 6.10 Å². The molecule has 0 amide bonds. The van der Waals surface area contributed by atoms with Gasteiger partial charge in [-0.15, -0.1) is 0 Å². The zero-order chi connectivity index (χ0) is 8.04. The second kappa shape index (κ2) is 4.08. The van der Waals surface area contributed by atoms with E-state index in [1.807, 2.05) is 0 Å². The molecule has 0 aliphatic carbocycles. The van der Waals surface area contributed by atoms with Gasteiger partial charge in [-0.2, -0.15) is 0 Å². The summed E-state index contributed by atoms with van der Waals surface area (Å²) in [6.07, 6.45) is -1.62. The molecule has 0 saturated carbocycles. The molecule has 0 spiro atoms. The fourth-order valence-corrected chi connectivity index (χ4v) is 0.427. The van der Waals surface area contributed by atoms with Crippen LogP contribution in [0.5, 0.6) is 0 Å². The molecule has 0 rings (SSSR count). The van der Waals surface area contributed by atoms with Gasteiger partial charge in [0.25, 0.3) is 0 Å². The van der Waals surface area contributed by atoms with E-state index in [1.54, 1.807) is 0 Å². The molecule has 6 heteroatoms. The van der Waals surface area contributed by atoms with Crippen LogP contribution in [0.2, 0.25) is 0 Å². The van der Waals surface area contributed by atoms with Gasteiger partial charge in [0, 0.05) is 31.4 Å². The van der Waals surface area contributed by atoms with Crippen molar-refractivity contribution in [3.8, 4) is 0 Å². The highest BCUT2D eigenvalue weighted by molar-refractivity contribution is 4.51. The average molecular weight is 147 g/mol. The maximum atomic E-state index is 8.01. The van der Waals surface area contributed by atoms with Crippen molar-refractivity contribution in [2.75, 3.05) is 21.3 Å². The van der Waals surface area contributed by atoms with Crippen LogP contribution >= 0.6 is 0 Å². The third kappa shape index (κ3) is 1.85. The number of rotatable bonds is 4. The van der Waals surface area contributed by atoms with E-state index >= 15 is 0 Å². The van der Waals surface area contributed by atoms with Crippen LogP contribution in [0.3, 0.4) is 0 Å². The third-order valence-corrected chi connectivity index (χ3v) is 0.941. The fourth-order valence-electron chi connectivity index (χ4n) is 0.427. The topological polar surface area (TPSA) is 76.5 Å². The molecular weight excluding hydrogens is 138 g/mol. The zero-order valence-electron chi connectivity index (χ0n) is 6.07. The van der Waals surface area contributed by atoms with E-state index in [0.29, 0.717) is 0 Å². The number of ether oxygens (including phenoxy) is 3. The van der Waals surface area contributed by atoms with Gasteiger partial charge >= 0.3 is 6.10 Å². The van der Waals surface area contributed by atoms with Crippen molar-refractivity contribution < 1.29 is 14.2 Å². The van der Waals surface area contributed by atoms with Gasteiger partial charge in [0.15, 0.2) is 0 Å². The molecular formula is C4H9N3O3. The standard InChI is InChI=1S/C4H9N3O3/c1-8-4(9-2,10-3)6-7-5/h1-3H3. The lowest BCUT2D eigenvalue weighted by Gasteiger charge is -2.21. The van der Waals surface area contributed by atoms with Gasteiger partial charge in [0.1, 0.15) is 0 Å². The monoisotopic (exact) mass is 147 g/mol. The minimum Gasteiger partial charge on any atom is -0.326 e. The largest absolute Gasteiger partial charge is 0.367 e. The molecule has 0 aromatic rings. The Hall–Kier alpha value is -0.810. The first-order chi connectivity index (χ1) is 4.74. The Balaban J connectivity index is 4.29. The van der Waals surface area contributed by atoms with E-state index in [1.165, 1.54) is 21.3 Å². The molecule has 0 heterocycles. The highest BCUT2D eigenvalue weighted by atomic mass is 16.9. The summed E-state index contributed by atoms with van der Waals surface area (Å²) < 4.78 is 13.8. The molecule has 10 heavy (non-hydrogen) atoms. The van der Waals surface area contributed by atoms with E-state index in [4.69, 9.17) is 5.53 Å². The molecule has 0 saturated heterocycles. The zero-order valence-corrected chi connectivity index (χ0v) is 6.07. The predicted octanol–water partition coefficient (Wildman–Crippen LogP) is 0.847. The summed E-state index contributed by atoms with van der Waals surface area (Å²) in [5.74, 6) is 0. The normalized spacial score (nSPS) is 10.7. The summed E-state index contributed by atoms with van der Waals surface area (Å²) in [6, 6.07) is 0. The first-order valence-electron chi connectivity index (χ1n) is 2.46. The Bertz CT molecular complexity index is 130. The van der Waals surface area contributed by atoms with Crippen molar-refractivity contribution in [2.24, 2.45) is 5.11 Å². The van der Waals surface area contributed by atoms with Crippen LogP contribution in [-0.4, -0.2) is 27.4 Å². The second-order valence-corrected chi connectivity index (χ2v) is 1.33. The summed E-state index contributed by atoms with van der Waals surface area (Å²) in [4.78, 5) is 2.47. The van der Waals surface area contributed by atoms with Crippen LogP contribution in [0.1, 0.15) is 0 Å². The molecule has 0 radical (unpaired) electrons. The van der Waals surface area contributed by atoms with Crippen molar-refractivity contribution in [1.29, 1.82) is 0 Å². The molecule has 0 unspecified atom stereocenters. The van der Waals surface area contributed by atoms with Crippen molar-refractivity contribution in [1.82, 2.24) is 0 Å². The fraction of sp³-hybridized carbons (Fsp3) is 1.00. The van der Waals surface area contributed by atoms with Gasteiger partial charge in [0.05, 0.1) is 0 Å². The molecule has 0 bridgehead atoms. The SMILES string of the molecule is COC(N=[N+]=[N-])(OC)OC. The lowest BCUT2D eigenvalue weighted by atomic mass is 10.9. The average Bonchev–Trinajstić information content (AvgIpc) is 2.01. The van der Waals surface area contributed by atoms with Crippen LogP contribution in [0.25, 0.3) is 10.4 Å². The number of nitrogens with zero attached hydrogens (tertiary/aromatic N) is 3. The quantitative estimate of drug-likeness (QED) is 0.256. The van der Waals surface area contributed by atoms with E-state index in [-0.39, 0.29) is 0 Å². The van der Waals surface area contributed by atoms with E-state index in [9.17, 15) is 0 Å². The Labute approximate surface area is 58.3 Å². The lowest BCUT2D eigenvalue weighted by Crippen LogP contribution is -2.32. The molecule has 0 fully saturated rings. The molecule has 0 aliphatic heterocycles. The second-order valence-electron chi connectivity index (χ2n) is 1.33. The van der Waals surface area contributed by atoms with Gasteiger partial charge in [-0.3, -0.25) is 0 Å². The first-order valence-corrected chi connectivity index (χ1v) is 2.46. The van der Waals surface area contributed by atoms with Gasteiger partial charge in [-0.1, -0.05) is 0 Å². The summed E-state index contributed by atoms with van der Waals surface area (Å²) in [5, 5.41) is 3.12. The van der Waals surface area contributed by atoms with Crippen LogP contribution in [-0.2, 0) is 14.2 Å². The van der Waals surface area contributed by atoms with Crippen LogP contribution in [0, 0.1) is 0 Å². The number of hydrogen-bond donors (Lipinski definition) is 0. The van der Waals surface area contributed by atoms with Crippen molar-refractivity contribution in [2.45, 2.75) is 6.10 Å². The minimum atomic E-state index is -1.62. The van der Waals surface area contributed by atoms with Gasteiger partial charge < -0.3 is 14.2 Å². The van der Waals surface area contributed by atoms with Gasteiger partial charge in [-0.05, 0) is 5.53 Å². The van der Waals surface area contributed by atoms with Crippen molar-refractivity contribution in [3.63, 3.8) is 0 Å². The van der Waals surface area contributed by atoms with Gasteiger partial charge in [0.2, 0.25) is 0 Å². The minimum absolute atomic E-state index is 1.31. The predicted molar refractivity (Wildman–Crippen MR) is 32.9 cm³/mol. The van der Waals surface area contributed by atoms with Crippen LogP contribution in [0.15, 0.2) is 5.11 Å². The molecule has 58 valence electrons. The number of azide groups is 1. The highest BCUT2D eigenvalue weighted by Gasteiger charge is 2.27. The van der Waals surface area contributed by atoms with Crippen LogP contribution < -0.4 is 0 Å². The molecule has 0 aromatic carbocycles.